The molecule has 21 heavy (non-hydrogen) atoms. The number of nitrogens with zero attached hydrogens (tertiary/aromatic N) is 1. The number of carbonyl (C=O) groups excluding carboxylic acids is 1. The number of ether oxygens (including phenoxy) is 1. The molecule has 0 aromatic heterocycles. The Hall–Kier alpha value is -0.596. The molecule has 0 saturated heterocycles. The number of carbonyl (C=O) groups is 1. The Morgan fingerprint density at radius 2 is 1.71 bits per heavy atom. The lowest BCUT2D eigenvalue weighted by atomic mass is 10.2. The quantitative estimate of drug-likeness (QED) is 0.728. The van der Waals surface area contributed by atoms with Gasteiger partial charge < -0.3 is 9.16 Å². The van der Waals surface area contributed by atoms with Gasteiger partial charge in [0.2, 0.25) is 0 Å². The first-order chi connectivity index (χ1) is 9.19. The molecule has 0 bridgehead atoms. The highest BCUT2D eigenvalue weighted by molar-refractivity contribution is 6.83. The number of hydrogen-bond donors (Lipinski definition) is 0. The van der Waals surface area contributed by atoms with Crippen molar-refractivity contribution >= 4 is 22.5 Å². The largest absolute Gasteiger partial charge is 0.443 e. The zero-order valence-electron chi connectivity index (χ0n) is 15.0. The summed E-state index contributed by atoms with van der Waals surface area (Å²) in [7, 11) is -3.25. The maximum Gasteiger partial charge on any atom is 0.414 e. The van der Waals surface area contributed by atoms with Gasteiger partial charge in [-0.3, -0.25) is 4.90 Å². The standard InChI is InChI=1S/C15H31NO3Si2/c1-15(2,3)18-14(17)16-11-12(19-21(7,8)9)10-13(16)20(4,5)6/h10,12H,11H2,1-9H3. The molecule has 4 nitrogen and oxygen atoms in total. The third-order valence-corrected chi connectivity index (χ3v) is 5.87. The van der Waals surface area contributed by atoms with Crippen LogP contribution in [0, 0.1) is 0 Å². The zero-order chi connectivity index (χ0) is 16.6. The average molecular weight is 330 g/mol. The van der Waals surface area contributed by atoms with Crippen molar-refractivity contribution in [3.8, 4) is 0 Å². The van der Waals surface area contributed by atoms with Crippen LogP contribution >= 0.6 is 0 Å². The molecule has 1 aliphatic heterocycles. The summed E-state index contributed by atoms with van der Waals surface area (Å²) in [5, 5.41) is 1.12. The van der Waals surface area contributed by atoms with Crippen LogP contribution in [-0.2, 0) is 9.16 Å². The summed E-state index contributed by atoms with van der Waals surface area (Å²) in [6.45, 7) is 19.5. The fraction of sp³-hybridized carbons (Fsp3) is 0.800. The van der Waals surface area contributed by atoms with Crippen LogP contribution in [0.3, 0.4) is 0 Å². The molecule has 6 heteroatoms. The van der Waals surface area contributed by atoms with E-state index in [2.05, 4.69) is 45.4 Å². The van der Waals surface area contributed by atoms with Crippen molar-refractivity contribution in [2.45, 2.75) is 71.8 Å². The monoisotopic (exact) mass is 329 g/mol. The van der Waals surface area contributed by atoms with E-state index >= 15 is 0 Å². The molecule has 0 aromatic rings. The van der Waals surface area contributed by atoms with Crippen molar-refractivity contribution in [3.05, 3.63) is 11.4 Å². The maximum absolute atomic E-state index is 12.5. The van der Waals surface area contributed by atoms with Crippen molar-refractivity contribution in [3.63, 3.8) is 0 Å². The molecule has 1 rings (SSSR count). The fourth-order valence-corrected chi connectivity index (χ4v) is 5.00. The highest BCUT2D eigenvalue weighted by Gasteiger charge is 2.39. The minimum absolute atomic E-state index is 0.00547. The van der Waals surface area contributed by atoms with Crippen molar-refractivity contribution in [1.29, 1.82) is 0 Å². The smallest absolute Gasteiger partial charge is 0.414 e. The van der Waals surface area contributed by atoms with Gasteiger partial charge in [0, 0.05) is 5.32 Å². The van der Waals surface area contributed by atoms with Gasteiger partial charge in [-0.2, -0.15) is 0 Å². The molecule has 0 fully saturated rings. The summed E-state index contributed by atoms with van der Waals surface area (Å²) < 4.78 is 11.7. The first-order valence-corrected chi connectivity index (χ1v) is 14.5. The minimum Gasteiger partial charge on any atom is -0.443 e. The molecule has 0 spiro atoms. The summed E-state index contributed by atoms with van der Waals surface area (Å²) in [5.41, 5.74) is -0.473. The van der Waals surface area contributed by atoms with Crippen LogP contribution in [-0.4, -0.2) is 45.6 Å². The summed E-state index contributed by atoms with van der Waals surface area (Å²) in [5.74, 6) is 0. The number of amides is 1. The van der Waals surface area contributed by atoms with Crippen LogP contribution in [0.5, 0.6) is 0 Å². The molecule has 0 aliphatic carbocycles. The Morgan fingerprint density at radius 1 is 1.19 bits per heavy atom. The third kappa shape index (κ3) is 5.96. The molecule has 0 N–H and O–H groups in total. The Bertz CT molecular complexity index is 428. The highest BCUT2D eigenvalue weighted by atomic mass is 28.4. The van der Waals surface area contributed by atoms with Gasteiger partial charge in [-0.1, -0.05) is 19.6 Å². The maximum atomic E-state index is 12.5. The molecule has 1 atom stereocenters. The van der Waals surface area contributed by atoms with Gasteiger partial charge >= 0.3 is 6.09 Å². The lowest BCUT2D eigenvalue weighted by molar-refractivity contribution is 0.0307. The first-order valence-electron chi connectivity index (χ1n) is 7.60. The van der Waals surface area contributed by atoms with E-state index in [4.69, 9.17) is 9.16 Å². The Balaban J connectivity index is 2.94. The van der Waals surface area contributed by atoms with Gasteiger partial charge in [0.25, 0.3) is 0 Å². The third-order valence-electron chi connectivity index (χ3n) is 2.88. The number of hydrogen-bond acceptors (Lipinski definition) is 3. The van der Waals surface area contributed by atoms with Crippen LogP contribution in [0.1, 0.15) is 20.8 Å². The summed E-state index contributed by atoms with van der Waals surface area (Å²) in [4.78, 5) is 14.3. The minimum atomic E-state index is -1.63. The predicted octanol–water partition coefficient (Wildman–Crippen LogP) is 4.22. The fourth-order valence-electron chi connectivity index (χ4n) is 2.27. The lowest BCUT2D eigenvalue weighted by Gasteiger charge is -2.31. The van der Waals surface area contributed by atoms with E-state index in [0.717, 1.165) is 5.32 Å². The van der Waals surface area contributed by atoms with Crippen LogP contribution in [0.25, 0.3) is 0 Å². The van der Waals surface area contributed by atoms with Crippen molar-refractivity contribution in [2.75, 3.05) is 6.54 Å². The van der Waals surface area contributed by atoms with Gasteiger partial charge in [0.1, 0.15) is 5.60 Å². The molecule has 1 unspecified atom stereocenters. The predicted molar refractivity (Wildman–Crippen MR) is 92.6 cm³/mol. The Kier molecular flexibility index (Phi) is 5.18. The van der Waals surface area contributed by atoms with Crippen LogP contribution in [0.2, 0.25) is 39.3 Å². The molecular formula is C15H31NO3Si2. The molecule has 122 valence electrons. The summed E-state index contributed by atoms with van der Waals surface area (Å²) in [6, 6.07) is 0. The van der Waals surface area contributed by atoms with Gasteiger partial charge in [-0.25, -0.2) is 4.79 Å². The summed E-state index contributed by atoms with van der Waals surface area (Å²) in [6.07, 6.45) is 1.90. The SMILES string of the molecule is CC(C)(C)OC(=O)N1CC(O[Si](C)(C)C)C=C1[Si](C)(C)C. The summed E-state index contributed by atoms with van der Waals surface area (Å²) >= 11 is 0. The van der Waals surface area contributed by atoms with Crippen molar-refractivity contribution < 1.29 is 14.0 Å². The van der Waals surface area contributed by atoms with Crippen LogP contribution in [0.15, 0.2) is 11.4 Å². The topological polar surface area (TPSA) is 38.8 Å². The molecule has 1 amide bonds. The van der Waals surface area contributed by atoms with E-state index < -0.39 is 22.0 Å². The second kappa shape index (κ2) is 5.89. The molecule has 1 heterocycles. The Labute approximate surface area is 131 Å². The second-order valence-corrected chi connectivity index (χ2v) is 18.1. The second-order valence-electron chi connectivity index (χ2n) is 8.66. The average Bonchev–Trinajstić information content (AvgIpc) is 2.55. The van der Waals surface area contributed by atoms with E-state index in [-0.39, 0.29) is 12.2 Å². The van der Waals surface area contributed by atoms with Crippen molar-refractivity contribution in [1.82, 2.24) is 4.90 Å². The number of rotatable bonds is 3. The van der Waals surface area contributed by atoms with Gasteiger partial charge in [-0.15, -0.1) is 0 Å². The molecule has 0 saturated carbocycles. The van der Waals surface area contributed by atoms with E-state index in [1.807, 2.05) is 20.8 Å². The molecule has 0 radical (unpaired) electrons. The van der Waals surface area contributed by atoms with Crippen molar-refractivity contribution in [2.24, 2.45) is 0 Å². The van der Waals surface area contributed by atoms with Gasteiger partial charge in [-0.05, 0) is 46.5 Å². The van der Waals surface area contributed by atoms with E-state index in [9.17, 15) is 4.79 Å². The highest BCUT2D eigenvalue weighted by Crippen LogP contribution is 2.29. The normalized spacial score (nSPS) is 20.5. The zero-order valence-corrected chi connectivity index (χ0v) is 17.0. The molecule has 0 aromatic carbocycles. The molecular weight excluding hydrogens is 298 g/mol. The van der Waals surface area contributed by atoms with Crippen LogP contribution < -0.4 is 0 Å². The van der Waals surface area contributed by atoms with E-state index in [1.54, 1.807) is 4.90 Å². The molecule has 1 aliphatic rings. The first kappa shape index (κ1) is 18.5. The van der Waals surface area contributed by atoms with Gasteiger partial charge in [0.05, 0.1) is 20.7 Å². The lowest BCUT2D eigenvalue weighted by Crippen LogP contribution is -2.43. The van der Waals surface area contributed by atoms with Gasteiger partial charge in [0.15, 0.2) is 8.32 Å². The van der Waals surface area contributed by atoms with Crippen LogP contribution in [0.4, 0.5) is 4.79 Å². The van der Waals surface area contributed by atoms with E-state index in [0.29, 0.717) is 6.54 Å². The van der Waals surface area contributed by atoms with E-state index in [1.165, 1.54) is 0 Å². The Morgan fingerprint density at radius 3 is 2.10 bits per heavy atom.